The third-order valence-electron chi connectivity index (χ3n) is 2.93. The largest absolute Gasteiger partial charge is 0.319 e. The molecule has 0 aromatic heterocycles. The predicted molar refractivity (Wildman–Crippen MR) is 66.7 cm³/mol. The van der Waals surface area contributed by atoms with E-state index in [1.54, 1.807) is 0 Å². The standard InChI is InChI=1S/C14H17NO/c1-15-9-3-2-4-11-5-6-12-7-8-14(16)13(12)10-11/h2,4-6,10,15H,3,7-9H2,1H3. The highest BCUT2D eigenvalue weighted by molar-refractivity contribution is 6.00. The summed E-state index contributed by atoms with van der Waals surface area (Å²) in [4.78, 5) is 11.6. The molecule has 0 heterocycles. The van der Waals surface area contributed by atoms with Crippen LogP contribution in [0, 0.1) is 0 Å². The lowest BCUT2D eigenvalue weighted by atomic mass is 10.1. The summed E-state index contributed by atoms with van der Waals surface area (Å²) < 4.78 is 0. The van der Waals surface area contributed by atoms with E-state index in [9.17, 15) is 4.79 Å². The summed E-state index contributed by atoms with van der Waals surface area (Å²) in [6.07, 6.45) is 6.84. The van der Waals surface area contributed by atoms with Gasteiger partial charge >= 0.3 is 0 Å². The number of fused-ring (bicyclic) bond motifs is 1. The molecule has 0 amide bonds. The molecule has 16 heavy (non-hydrogen) atoms. The van der Waals surface area contributed by atoms with E-state index in [0.29, 0.717) is 12.2 Å². The van der Waals surface area contributed by atoms with E-state index in [4.69, 9.17) is 0 Å². The summed E-state index contributed by atoms with van der Waals surface area (Å²) in [7, 11) is 1.95. The first-order valence-electron chi connectivity index (χ1n) is 5.78. The summed E-state index contributed by atoms with van der Waals surface area (Å²) >= 11 is 0. The van der Waals surface area contributed by atoms with E-state index in [0.717, 1.165) is 30.5 Å². The van der Waals surface area contributed by atoms with Gasteiger partial charge in [-0.15, -0.1) is 0 Å². The number of hydrogen-bond donors (Lipinski definition) is 1. The lowest BCUT2D eigenvalue weighted by molar-refractivity contribution is 0.0994. The average molecular weight is 215 g/mol. The van der Waals surface area contributed by atoms with Gasteiger partial charge in [0.25, 0.3) is 0 Å². The van der Waals surface area contributed by atoms with Gasteiger partial charge in [-0.3, -0.25) is 4.79 Å². The second-order valence-electron chi connectivity index (χ2n) is 4.13. The number of hydrogen-bond acceptors (Lipinski definition) is 2. The van der Waals surface area contributed by atoms with E-state index in [2.05, 4.69) is 29.6 Å². The molecule has 2 nitrogen and oxygen atoms in total. The fraction of sp³-hybridized carbons (Fsp3) is 0.357. The van der Waals surface area contributed by atoms with Crippen molar-refractivity contribution in [2.75, 3.05) is 13.6 Å². The first-order chi connectivity index (χ1) is 7.81. The quantitative estimate of drug-likeness (QED) is 0.782. The van der Waals surface area contributed by atoms with Gasteiger partial charge in [0, 0.05) is 12.0 Å². The van der Waals surface area contributed by atoms with Crippen LogP contribution in [-0.2, 0) is 6.42 Å². The number of rotatable bonds is 4. The molecule has 1 aromatic rings. The van der Waals surface area contributed by atoms with E-state index < -0.39 is 0 Å². The maximum Gasteiger partial charge on any atom is 0.163 e. The van der Waals surface area contributed by atoms with Crippen LogP contribution in [0.4, 0.5) is 0 Å². The summed E-state index contributed by atoms with van der Waals surface area (Å²) in [5.41, 5.74) is 3.26. The van der Waals surface area contributed by atoms with Crippen LogP contribution in [0.3, 0.4) is 0 Å². The molecule has 1 aliphatic rings. The first kappa shape index (κ1) is 11.1. The molecule has 84 valence electrons. The molecule has 0 unspecified atom stereocenters. The summed E-state index contributed by atoms with van der Waals surface area (Å²) in [5.74, 6) is 0.292. The molecule has 0 saturated carbocycles. The fourth-order valence-corrected chi connectivity index (χ4v) is 2.01. The number of aryl methyl sites for hydroxylation is 1. The van der Waals surface area contributed by atoms with Crippen LogP contribution in [0.1, 0.15) is 34.3 Å². The monoisotopic (exact) mass is 215 g/mol. The third kappa shape index (κ3) is 2.39. The smallest absolute Gasteiger partial charge is 0.163 e. The maximum atomic E-state index is 11.6. The number of ketones is 1. The lowest BCUT2D eigenvalue weighted by Gasteiger charge is -1.99. The van der Waals surface area contributed by atoms with E-state index in [1.165, 1.54) is 5.56 Å². The van der Waals surface area contributed by atoms with E-state index >= 15 is 0 Å². The van der Waals surface area contributed by atoms with Crippen molar-refractivity contribution in [3.8, 4) is 0 Å². The summed E-state index contributed by atoms with van der Waals surface area (Å²) in [6.45, 7) is 0.986. The summed E-state index contributed by atoms with van der Waals surface area (Å²) in [6, 6.07) is 6.19. The Hall–Kier alpha value is -1.41. The Bertz CT molecular complexity index is 421. The Morgan fingerprint density at radius 1 is 1.38 bits per heavy atom. The van der Waals surface area contributed by atoms with Crippen LogP contribution in [0.5, 0.6) is 0 Å². The van der Waals surface area contributed by atoms with Crippen LogP contribution in [0.25, 0.3) is 6.08 Å². The number of nitrogens with one attached hydrogen (secondary N) is 1. The van der Waals surface area contributed by atoms with Gasteiger partial charge in [-0.1, -0.05) is 24.3 Å². The van der Waals surface area contributed by atoms with Gasteiger partial charge in [0.2, 0.25) is 0 Å². The molecule has 1 aliphatic carbocycles. The van der Waals surface area contributed by atoms with Crippen molar-refractivity contribution in [1.82, 2.24) is 5.32 Å². The predicted octanol–water partition coefficient (Wildman–Crippen LogP) is 2.44. The lowest BCUT2D eigenvalue weighted by Crippen LogP contribution is -2.05. The van der Waals surface area contributed by atoms with Crippen LogP contribution in [0.15, 0.2) is 24.3 Å². The highest BCUT2D eigenvalue weighted by atomic mass is 16.1. The number of carbonyl (C=O) groups excluding carboxylic acids is 1. The van der Waals surface area contributed by atoms with Crippen molar-refractivity contribution >= 4 is 11.9 Å². The van der Waals surface area contributed by atoms with Crippen LogP contribution in [-0.4, -0.2) is 19.4 Å². The minimum atomic E-state index is 0.292. The molecular weight excluding hydrogens is 198 g/mol. The van der Waals surface area contributed by atoms with Crippen molar-refractivity contribution in [2.24, 2.45) is 0 Å². The van der Waals surface area contributed by atoms with Crippen molar-refractivity contribution in [3.63, 3.8) is 0 Å². The van der Waals surface area contributed by atoms with Crippen molar-refractivity contribution < 1.29 is 4.79 Å². The molecule has 2 heteroatoms. The molecule has 1 aromatic carbocycles. The number of carbonyl (C=O) groups is 1. The second-order valence-corrected chi connectivity index (χ2v) is 4.13. The van der Waals surface area contributed by atoms with Crippen LogP contribution >= 0.6 is 0 Å². The minimum Gasteiger partial charge on any atom is -0.319 e. The van der Waals surface area contributed by atoms with Gasteiger partial charge in [-0.2, -0.15) is 0 Å². The zero-order valence-corrected chi connectivity index (χ0v) is 9.62. The Morgan fingerprint density at radius 2 is 2.25 bits per heavy atom. The van der Waals surface area contributed by atoms with E-state index in [1.807, 2.05) is 13.1 Å². The van der Waals surface area contributed by atoms with Gasteiger partial charge in [0.15, 0.2) is 5.78 Å². The molecule has 1 N–H and O–H groups in total. The molecular formula is C14H17NO. The van der Waals surface area contributed by atoms with Gasteiger partial charge in [0.1, 0.15) is 0 Å². The van der Waals surface area contributed by atoms with Gasteiger partial charge < -0.3 is 5.32 Å². The Balaban J connectivity index is 2.09. The SMILES string of the molecule is CNCCC=Cc1ccc2c(c1)C(=O)CC2. The molecule has 0 saturated heterocycles. The second kappa shape index (κ2) is 5.08. The molecule has 0 aliphatic heterocycles. The zero-order chi connectivity index (χ0) is 11.4. The Kier molecular flexibility index (Phi) is 3.52. The maximum absolute atomic E-state index is 11.6. The third-order valence-corrected chi connectivity index (χ3v) is 2.93. The van der Waals surface area contributed by atoms with Crippen molar-refractivity contribution in [1.29, 1.82) is 0 Å². The van der Waals surface area contributed by atoms with Crippen molar-refractivity contribution in [3.05, 3.63) is 41.0 Å². The van der Waals surface area contributed by atoms with Gasteiger partial charge in [0.05, 0.1) is 0 Å². The number of benzene rings is 1. The molecule has 0 radical (unpaired) electrons. The first-order valence-corrected chi connectivity index (χ1v) is 5.78. The molecule has 0 spiro atoms. The van der Waals surface area contributed by atoms with Crippen molar-refractivity contribution in [2.45, 2.75) is 19.3 Å². The topological polar surface area (TPSA) is 29.1 Å². The van der Waals surface area contributed by atoms with Gasteiger partial charge in [-0.25, -0.2) is 0 Å². The Labute approximate surface area is 96.4 Å². The molecule has 0 bridgehead atoms. The minimum absolute atomic E-state index is 0.292. The molecule has 2 rings (SSSR count). The van der Waals surface area contributed by atoms with Crippen LogP contribution < -0.4 is 5.32 Å². The van der Waals surface area contributed by atoms with Crippen LogP contribution in [0.2, 0.25) is 0 Å². The van der Waals surface area contributed by atoms with E-state index in [-0.39, 0.29) is 0 Å². The molecule has 0 fully saturated rings. The fourth-order valence-electron chi connectivity index (χ4n) is 2.01. The Morgan fingerprint density at radius 3 is 3.06 bits per heavy atom. The highest BCUT2D eigenvalue weighted by Crippen LogP contribution is 2.23. The van der Waals surface area contributed by atoms with Gasteiger partial charge in [-0.05, 0) is 43.6 Å². The number of Topliss-reactive ketones (excluding diaryl/α,β-unsaturated/α-hetero) is 1. The average Bonchev–Trinajstić information content (AvgIpc) is 2.67. The zero-order valence-electron chi connectivity index (χ0n) is 9.62. The summed E-state index contributed by atoms with van der Waals surface area (Å²) in [5, 5.41) is 3.10. The molecule has 0 atom stereocenters. The highest BCUT2D eigenvalue weighted by Gasteiger charge is 2.18. The normalized spacial score (nSPS) is 14.7.